The number of carbonyl (C=O) groups excluding carboxylic acids is 2. The molecule has 3 rings (SSSR count). The Hall–Kier alpha value is -2.39. The van der Waals surface area contributed by atoms with E-state index in [0.717, 1.165) is 11.2 Å². The van der Waals surface area contributed by atoms with Gasteiger partial charge in [0.2, 0.25) is 5.91 Å². The molecule has 0 radical (unpaired) electrons. The Bertz CT molecular complexity index is 725. The first kappa shape index (κ1) is 17.4. The molecule has 2 aliphatic heterocycles. The van der Waals surface area contributed by atoms with Gasteiger partial charge in [-0.25, -0.2) is 9.99 Å². The van der Waals surface area contributed by atoms with Crippen LogP contribution in [0.2, 0.25) is 0 Å². The van der Waals surface area contributed by atoms with Crippen LogP contribution in [0.15, 0.2) is 11.3 Å². The summed E-state index contributed by atoms with van der Waals surface area (Å²) in [4.78, 5) is 27.1. The quantitative estimate of drug-likeness (QED) is 0.883. The summed E-state index contributed by atoms with van der Waals surface area (Å²) in [6.45, 7) is 0.720. The van der Waals surface area contributed by atoms with E-state index >= 15 is 0 Å². The molecule has 0 spiro atoms. The van der Waals surface area contributed by atoms with Crippen LogP contribution in [0.4, 0.5) is 13.2 Å². The van der Waals surface area contributed by atoms with Crippen molar-refractivity contribution in [2.24, 2.45) is 11.0 Å². The summed E-state index contributed by atoms with van der Waals surface area (Å²) in [5, 5.41) is 7.85. The van der Waals surface area contributed by atoms with Gasteiger partial charge in [0.05, 0.1) is 0 Å². The Balaban J connectivity index is 1.57. The number of nitrogens with zero attached hydrogens (tertiary/aromatic N) is 4. The Labute approximate surface area is 141 Å². The largest absolute Gasteiger partial charge is 0.434 e. The van der Waals surface area contributed by atoms with Gasteiger partial charge in [0, 0.05) is 45.6 Å². The first-order valence-electron chi connectivity index (χ1n) is 7.99. The van der Waals surface area contributed by atoms with Gasteiger partial charge in [-0.2, -0.15) is 18.3 Å². The Morgan fingerprint density at radius 1 is 1.36 bits per heavy atom. The van der Waals surface area contributed by atoms with Gasteiger partial charge >= 0.3 is 6.18 Å². The molecule has 1 atom stereocenters. The number of halogens is 3. The second kappa shape index (κ2) is 6.49. The predicted octanol–water partition coefficient (Wildman–Crippen LogP) is 1.19. The lowest BCUT2D eigenvalue weighted by Gasteiger charge is -2.24. The van der Waals surface area contributed by atoms with Crippen molar-refractivity contribution in [3.8, 4) is 0 Å². The third-order valence-corrected chi connectivity index (χ3v) is 4.40. The standard InChI is InChI=1S/C15H18F3N5O2/c1-22-13(24)5-3-10(21-22)14(25)19-6-9-2-4-12-20-11(15(16,17)18)8-23(12)7-9/h8-9H,2-7H2,1H3,(H,19,25)/t9-/m0/s1. The maximum absolute atomic E-state index is 12.7. The van der Waals surface area contributed by atoms with Crippen molar-refractivity contribution in [1.29, 1.82) is 0 Å². The van der Waals surface area contributed by atoms with Crippen LogP contribution in [-0.2, 0) is 28.7 Å². The number of hydrogen-bond acceptors (Lipinski definition) is 4. The van der Waals surface area contributed by atoms with E-state index in [2.05, 4.69) is 15.4 Å². The number of imidazole rings is 1. The fraction of sp³-hybridized carbons (Fsp3) is 0.600. The monoisotopic (exact) mass is 357 g/mol. The second-order valence-electron chi connectivity index (χ2n) is 6.27. The van der Waals surface area contributed by atoms with Gasteiger partial charge in [0.15, 0.2) is 5.69 Å². The second-order valence-corrected chi connectivity index (χ2v) is 6.27. The molecular formula is C15H18F3N5O2. The van der Waals surface area contributed by atoms with E-state index in [9.17, 15) is 22.8 Å². The molecule has 136 valence electrons. The molecule has 0 aromatic carbocycles. The topological polar surface area (TPSA) is 79.6 Å². The molecule has 0 saturated carbocycles. The van der Waals surface area contributed by atoms with Crippen LogP contribution in [0.25, 0.3) is 0 Å². The normalized spacial score (nSPS) is 21.0. The summed E-state index contributed by atoms with van der Waals surface area (Å²) in [5.41, 5.74) is -0.586. The van der Waals surface area contributed by atoms with E-state index in [4.69, 9.17) is 0 Å². The number of nitrogens with one attached hydrogen (secondary N) is 1. The van der Waals surface area contributed by atoms with E-state index in [-0.39, 0.29) is 24.2 Å². The Kier molecular flexibility index (Phi) is 4.53. The van der Waals surface area contributed by atoms with Crippen molar-refractivity contribution in [3.05, 3.63) is 17.7 Å². The third kappa shape index (κ3) is 3.83. The van der Waals surface area contributed by atoms with Gasteiger partial charge < -0.3 is 9.88 Å². The van der Waals surface area contributed by atoms with E-state index in [1.54, 1.807) is 0 Å². The van der Waals surface area contributed by atoms with Gasteiger partial charge in [-0.15, -0.1) is 0 Å². The van der Waals surface area contributed by atoms with Gasteiger partial charge in [-0.1, -0.05) is 0 Å². The van der Waals surface area contributed by atoms with E-state index in [0.29, 0.717) is 43.9 Å². The van der Waals surface area contributed by atoms with Crippen LogP contribution >= 0.6 is 0 Å². The first-order valence-corrected chi connectivity index (χ1v) is 7.99. The van der Waals surface area contributed by atoms with Crippen molar-refractivity contribution in [3.63, 3.8) is 0 Å². The molecule has 2 aliphatic rings. The molecule has 0 saturated heterocycles. The number of amides is 2. The summed E-state index contributed by atoms with van der Waals surface area (Å²) in [6, 6.07) is 0. The number of fused-ring (bicyclic) bond motifs is 1. The van der Waals surface area contributed by atoms with Crippen LogP contribution in [-0.4, -0.2) is 45.7 Å². The molecule has 7 nitrogen and oxygen atoms in total. The minimum Gasteiger partial charge on any atom is -0.351 e. The minimum atomic E-state index is -4.45. The number of aromatic nitrogens is 2. The molecule has 0 fully saturated rings. The number of aryl methyl sites for hydroxylation is 1. The lowest BCUT2D eigenvalue weighted by Crippen LogP contribution is -2.40. The van der Waals surface area contributed by atoms with Gasteiger partial charge in [0.25, 0.3) is 5.91 Å². The molecular weight excluding hydrogens is 339 g/mol. The fourth-order valence-corrected chi connectivity index (χ4v) is 2.99. The van der Waals surface area contributed by atoms with Crippen molar-refractivity contribution >= 4 is 17.5 Å². The molecule has 0 bridgehead atoms. The van der Waals surface area contributed by atoms with Crippen LogP contribution in [0.5, 0.6) is 0 Å². The SMILES string of the molecule is CN1N=C(C(=O)NC[C@@H]2CCc3nc(C(F)(F)F)cn3C2)CCC1=O. The van der Waals surface area contributed by atoms with Crippen LogP contribution < -0.4 is 5.32 Å². The zero-order chi connectivity index (χ0) is 18.2. The highest BCUT2D eigenvalue weighted by molar-refractivity contribution is 6.39. The zero-order valence-corrected chi connectivity index (χ0v) is 13.6. The first-order chi connectivity index (χ1) is 11.7. The Morgan fingerprint density at radius 2 is 2.12 bits per heavy atom. The van der Waals surface area contributed by atoms with Crippen LogP contribution in [0.1, 0.15) is 30.8 Å². The smallest absolute Gasteiger partial charge is 0.351 e. The molecule has 0 aliphatic carbocycles. The highest BCUT2D eigenvalue weighted by Gasteiger charge is 2.35. The molecule has 0 unspecified atom stereocenters. The highest BCUT2D eigenvalue weighted by Crippen LogP contribution is 2.30. The highest BCUT2D eigenvalue weighted by atomic mass is 19.4. The number of alkyl halides is 3. The van der Waals surface area contributed by atoms with Crippen LogP contribution in [0, 0.1) is 5.92 Å². The summed E-state index contributed by atoms with van der Waals surface area (Å²) in [7, 11) is 1.49. The average molecular weight is 357 g/mol. The zero-order valence-electron chi connectivity index (χ0n) is 13.6. The van der Waals surface area contributed by atoms with Gasteiger partial charge in [-0.3, -0.25) is 9.59 Å². The van der Waals surface area contributed by atoms with Gasteiger partial charge in [-0.05, 0) is 12.3 Å². The summed E-state index contributed by atoms with van der Waals surface area (Å²) in [6.07, 6.45) is -1.80. The maximum Gasteiger partial charge on any atom is 0.434 e. The molecule has 2 amide bonds. The lowest BCUT2D eigenvalue weighted by atomic mass is 9.99. The average Bonchev–Trinajstić information content (AvgIpc) is 2.98. The van der Waals surface area contributed by atoms with Gasteiger partial charge in [0.1, 0.15) is 11.5 Å². The summed E-state index contributed by atoms with van der Waals surface area (Å²) < 4.78 is 39.7. The molecule has 1 aromatic heterocycles. The molecule has 10 heteroatoms. The van der Waals surface area contributed by atoms with E-state index < -0.39 is 11.9 Å². The fourth-order valence-electron chi connectivity index (χ4n) is 2.99. The number of rotatable bonds is 3. The molecule has 25 heavy (non-hydrogen) atoms. The number of hydrazone groups is 1. The lowest BCUT2D eigenvalue weighted by molar-refractivity contribution is -0.141. The molecule has 1 N–H and O–H groups in total. The minimum absolute atomic E-state index is 0.0234. The third-order valence-electron chi connectivity index (χ3n) is 4.40. The van der Waals surface area contributed by atoms with E-state index in [1.165, 1.54) is 11.6 Å². The van der Waals surface area contributed by atoms with Crippen molar-refractivity contribution in [2.45, 2.75) is 38.4 Å². The predicted molar refractivity (Wildman–Crippen MR) is 81.5 cm³/mol. The number of carbonyl (C=O) groups is 2. The van der Waals surface area contributed by atoms with Crippen molar-refractivity contribution in [2.75, 3.05) is 13.6 Å². The van der Waals surface area contributed by atoms with Crippen LogP contribution in [0.3, 0.4) is 0 Å². The Morgan fingerprint density at radius 3 is 2.80 bits per heavy atom. The number of hydrogen-bond donors (Lipinski definition) is 1. The summed E-state index contributed by atoms with van der Waals surface area (Å²) in [5.74, 6) is -0.0364. The summed E-state index contributed by atoms with van der Waals surface area (Å²) >= 11 is 0. The van der Waals surface area contributed by atoms with E-state index in [1.807, 2.05) is 0 Å². The molecule has 1 aromatic rings. The maximum atomic E-state index is 12.7. The van der Waals surface area contributed by atoms with Crippen molar-refractivity contribution < 1.29 is 22.8 Å². The van der Waals surface area contributed by atoms with Crippen molar-refractivity contribution in [1.82, 2.24) is 19.9 Å². The molecule has 3 heterocycles.